The van der Waals surface area contributed by atoms with Crippen LogP contribution in [-0.2, 0) is 12.8 Å². The van der Waals surface area contributed by atoms with E-state index in [4.69, 9.17) is 4.52 Å². The summed E-state index contributed by atoms with van der Waals surface area (Å²) in [6, 6.07) is 8.50. The molecule has 0 radical (unpaired) electrons. The fraction of sp³-hybridized carbons (Fsp3) is 0.467. The Balaban J connectivity index is 2.00. The van der Waals surface area contributed by atoms with Crippen LogP contribution in [0.4, 0.5) is 0 Å². The van der Waals surface area contributed by atoms with Crippen LogP contribution in [-0.4, -0.2) is 23.2 Å². The molecular weight excluding hydrogens is 318 g/mol. The highest BCUT2D eigenvalue weighted by Crippen LogP contribution is 2.18. The van der Waals surface area contributed by atoms with Crippen LogP contribution >= 0.6 is 15.9 Å². The first-order valence-electron chi connectivity index (χ1n) is 6.95. The lowest BCUT2D eigenvalue weighted by atomic mass is 10.1. The molecule has 1 heterocycles. The van der Waals surface area contributed by atoms with E-state index in [0.717, 1.165) is 29.6 Å². The minimum absolute atomic E-state index is 0.400. The van der Waals surface area contributed by atoms with Crippen LogP contribution in [0.25, 0.3) is 0 Å². The van der Waals surface area contributed by atoms with Crippen molar-refractivity contribution in [3.05, 3.63) is 46.0 Å². The van der Waals surface area contributed by atoms with Crippen molar-refractivity contribution in [3.63, 3.8) is 0 Å². The number of aromatic nitrogens is 2. The maximum absolute atomic E-state index is 5.34. The molecule has 0 spiro atoms. The second kappa shape index (κ2) is 7.55. The van der Waals surface area contributed by atoms with Crippen molar-refractivity contribution in [1.29, 1.82) is 0 Å². The van der Waals surface area contributed by atoms with Gasteiger partial charge in [-0.2, -0.15) is 4.98 Å². The molecule has 2 rings (SSSR count). The monoisotopic (exact) mass is 337 g/mol. The van der Waals surface area contributed by atoms with Crippen molar-refractivity contribution in [2.75, 3.05) is 7.05 Å². The molecule has 0 bridgehead atoms. The van der Waals surface area contributed by atoms with Gasteiger partial charge in [0.15, 0.2) is 5.82 Å². The van der Waals surface area contributed by atoms with Gasteiger partial charge in [-0.25, -0.2) is 0 Å². The van der Waals surface area contributed by atoms with Crippen LogP contribution < -0.4 is 5.32 Å². The number of rotatable bonds is 7. The van der Waals surface area contributed by atoms with Crippen LogP contribution in [0.1, 0.15) is 37.0 Å². The first-order valence-corrected chi connectivity index (χ1v) is 7.74. The lowest BCUT2D eigenvalue weighted by molar-refractivity contribution is 0.352. The zero-order valence-corrected chi connectivity index (χ0v) is 13.5. The molecule has 5 heteroatoms. The third-order valence-electron chi connectivity index (χ3n) is 3.28. The molecule has 4 nitrogen and oxygen atoms in total. The number of hydrogen-bond donors (Lipinski definition) is 1. The molecule has 1 unspecified atom stereocenters. The van der Waals surface area contributed by atoms with E-state index < -0.39 is 0 Å². The molecule has 1 aromatic carbocycles. The normalized spacial score (nSPS) is 12.6. The summed E-state index contributed by atoms with van der Waals surface area (Å²) in [5.41, 5.74) is 1.17. The van der Waals surface area contributed by atoms with Crippen molar-refractivity contribution in [2.45, 2.75) is 38.6 Å². The molecule has 0 aliphatic rings. The Bertz CT molecular complexity index is 541. The summed E-state index contributed by atoms with van der Waals surface area (Å²) < 4.78 is 6.41. The highest BCUT2D eigenvalue weighted by molar-refractivity contribution is 9.10. The Kier molecular flexibility index (Phi) is 5.73. The summed E-state index contributed by atoms with van der Waals surface area (Å²) in [7, 11) is 1.97. The van der Waals surface area contributed by atoms with Crippen LogP contribution in [0.5, 0.6) is 0 Å². The summed E-state index contributed by atoms with van der Waals surface area (Å²) in [6.07, 6.45) is 3.72. The van der Waals surface area contributed by atoms with Crippen LogP contribution in [0.2, 0.25) is 0 Å². The second-order valence-corrected chi connectivity index (χ2v) is 5.71. The molecule has 0 amide bonds. The van der Waals surface area contributed by atoms with E-state index in [1.165, 1.54) is 5.56 Å². The largest absolute Gasteiger partial charge is 0.339 e. The fourth-order valence-corrected chi connectivity index (χ4v) is 2.59. The molecule has 0 saturated carbocycles. The van der Waals surface area contributed by atoms with E-state index >= 15 is 0 Å². The number of hydrogen-bond acceptors (Lipinski definition) is 4. The lowest BCUT2D eigenvalue weighted by Crippen LogP contribution is -2.27. The number of halogens is 1. The quantitative estimate of drug-likeness (QED) is 0.841. The first kappa shape index (κ1) is 15.2. The van der Waals surface area contributed by atoms with Gasteiger partial charge in [-0.3, -0.25) is 0 Å². The van der Waals surface area contributed by atoms with Gasteiger partial charge in [0.25, 0.3) is 0 Å². The molecule has 20 heavy (non-hydrogen) atoms. The van der Waals surface area contributed by atoms with E-state index in [1.54, 1.807) is 0 Å². The Hall–Kier alpha value is -1.20. The van der Waals surface area contributed by atoms with Crippen molar-refractivity contribution in [1.82, 2.24) is 15.5 Å². The second-order valence-electron chi connectivity index (χ2n) is 4.85. The summed E-state index contributed by atoms with van der Waals surface area (Å²) in [5, 5.41) is 7.35. The third-order valence-corrected chi connectivity index (χ3v) is 4.06. The van der Waals surface area contributed by atoms with E-state index in [1.807, 2.05) is 25.2 Å². The molecule has 1 N–H and O–H groups in total. The Morgan fingerprint density at radius 2 is 2.15 bits per heavy atom. The Morgan fingerprint density at radius 3 is 2.85 bits per heavy atom. The van der Waals surface area contributed by atoms with Gasteiger partial charge in [0.05, 0.1) is 0 Å². The van der Waals surface area contributed by atoms with Gasteiger partial charge in [-0.05, 0) is 25.1 Å². The van der Waals surface area contributed by atoms with E-state index in [9.17, 15) is 0 Å². The average molecular weight is 338 g/mol. The first-order chi connectivity index (χ1) is 9.72. The van der Waals surface area contributed by atoms with Gasteiger partial charge in [0.2, 0.25) is 5.89 Å². The van der Waals surface area contributed by atoms with Crippen molar-refractivity contribution >= 4 is 15.9 Å². The average Bonchev–Trinajstić information content (AvgIpc) is 2.88. The molecule has 1 aromatic heterocycles. The summed E-state index contributed by atoms with van der Waals surface area (Å²) in [4.78, 5) is 4.48. The molecule has 2 aromatic rings. The number of nitrogens with one attached hydrogen (secondary N) is 1. The topological polar surface area (TPSA) is 51.0 Å². The highest BCUT2D eigenvalue weighted by Gasteiger charge is 2.13. The predicted octanol–water partition coefficient (Wildman–Crippen LogP) is 3.35. The fourth-order valence-electron chi connectivity index (χ4n) is 2.16. The predicted molar refractivity (Wildman–Crippen MR) is 82.7 cm³/mol. The lowest BCUT2D eigenvalue weighted by Gasteiger charge is -2.11. The SMILES string of the molecule is CCCC(Cc1nc(Cc2ccccc2Br)no1)NC. The van der Waals surface area contributed by atoms with Crippen LogP contribution in [0.15, 0.2) is 33.3 Å². The summed E-state index contributed by atoms with van der Waals surface area (Å²) in [6.45, 7) is 2.18. The summed E-state index contributed by atoms with van der Waals surface area (Å²) in [5.74, 6) is 1.44. The summed E-state index contributed by atoms with van der Waals surface area (Å²) >= 11 is 3.54. The Morgan fingerprint density at radius 1 is 1.35 bits per heavy atom. The number of benzene rings is 1. The number of likely N-dealkylation sites (N-methyl/N-ethyl adjacent to an activating group) is 1. The van der Waals surface area contributed by atoms with Crippen LogP contribution in [0, 0.1) is 0 Å². The molecule has 108 valence electrons. The zero-order valence-electron chi connectivity index (χ0n) is 11.9. The number of nitrogens with zero attached hydrogens (tertiary/aromatic N) is 2. The van der Waals surface area contributed by atoms with Crippen molar-refractivity contribution < 1.29 is 4.52 Å². The van der Waals surface area contributed by atoms with E-state index in [0.29, 0.717) is 18.4 Å². The standard InChI is InChI=1S/C15H20BrN3O/c1-3-6-12(17-2)10-15-18-14(19-20-15)9-11-7-4-5-8-13(11)16/h4-5,7-8,12,17H,3,6,9-10H2,1-2H3. The van der Waals surface area contributed by atoms with Crippen LogP contribution in [0.3, 0.4) is 0 Å². The van der Waals surface area contributed by atoms with Gasteiger partial charge in [-0.15, -0.1) is 0 Å². The molecule has 0 saturated heterocycles. The minimum Gasteiger partial charge on any atom is -0.339 e. The smallest absolute Gasteiger partial charge is 0.228 e. The highest BCUT2D eigenvalue weighted by atomic mass is 79.9. The molecule has 1 atom stereocenters. The third kappa shape index (κ3) is 4.15. The van der Waals surface area contributed by atoms with E-state index in [2.05, 4.69) is 44.4 Å². The van der Waals surface area contributed by atoms with Gasteiger partial charge < -0.3 is 9.84 Å². The van der Waals surface area contributed by atoms with Gasteiger partial charge in [-0.1, -0.05) is 52.6 Å². The molecule has 0 aliphatic heterocycles. The van der Waals surface area contributed by atoms with Crippen molar-refractivity contribution in [3.8, 4) is 0 Å². The maximum atomic E-state index is 5.34. The minimum atomic E-state index is 0.400. The van der Waals surface area contributed by atoms with Crippen molar-refractivity contribution in [2.24, 2.45) is 0 Å². The molecule has 0 fully saturated rings. The Labute approximate surface area is 128 Å². The van der Waals surface area contributed by atoms with Gasteiger partial charge >= 0.3 is 0 Å². The zero-order chi connectivity index (χ0) is 14.4. The van der Waals surface area contributed by atoms with E-state index in [-0.39, 0.29) is 0 Å². The molecular formula is C15H20BrN3O. The molecule has 0 aliphatic carbocycles. The van der Waals surface area contributed by atoms with Gasteiger partial charge in [0.1, 0.15) is 0 Å². The maximum Gasteiger partial charge on any atom is 0.228 e. The van der Waals surface area contributed by atoms with Gasteiger partial charge in [0, 0.05) is 23.4 Å².